The predicted molar refractivity (Wildman–Crippen MR) is 69.9 cm³/mol. The number of fused-ring (bicyclic) bond motifs is 1. The van der Waals surface area contributed by atoms with E-state index in [2.05, 4.69) is 37.8 Å². The van der Waals surface area contributed by atoms with E-state index in [9.17, 15) is 0 Å². The monoisotopic (exact) mass is 247 g/mol. The molecule has 96 valence electrons. The highest BCUT2D eigenvalue weighted by atomic mass is 15.3. The molecule has 0 radical (unpaired) electrons. The van der Waals surface area contributed by atoms with Crippen molar-refractivity contribution in [1.82, 2.24) is 20.2 Å². The summed E-state index contributed by atoms with van der Waals surface area (Å²) >= 11 is 0. The zero-order chi connectivity index (χ0) is 12.5. The van der Waals surface area contributed by atoms with E-state index in [4.69, 9.17) is 5.84 Å². The van der Waals surface area contributed by atoms with E-state index in [-0.39, 0.29) is 0 Å². The topological polar surface area (TPSA) is 105 Å². The van der Waals surface area contributed by atoms with Gasteiger partial charge in [0, 0.05) is 6.04 Å². The second-order valence-corrected chi connectivity index (χ2v) is 4.71. The van der Waals surface area contributed by atoms with Crippen LogP contribution in [0, 0.1) is 5.92 Å². The SMILES string of the molecule is CCCC1CC1Nc1nc(NN)nc2[nH]ncc12. The van der Waals surface area contributed by atoms with Crippen LogP contribution in [0.2, 0.25) is 0 Å². The van der Waals surface area contributed by atoms with Gasteiger partial charge in [0.25, 0.3) is 0 Å². The Morgan fingerprint density at radius 2 is 2.39 bits per heavy atom. The standard InChI is InChI=1S/C11H17N7/c1-2-3-6-4-8(6)14-9-7-5-13-18-10(7)16-11(15-9)17-12/h5-6,8H,2-4,12H2,1H3,(H3,13,14,15,16,17,18). The summed E-state index contributed by atoms with van der Waals surface area (Å²) in [5, 5.41) is 11.2. The van der Waals surface area contributed by atoms with Crippen molar-refractivity contribution in [3.63, 3.8) is 0 Å². The molecular weight excluding hydrogens is 230 g/mol. The van der Waals surface area contributed by atoms with E-state index >= 15 is 0 Å². The maximum Gasteiger partial charge on any atom is 0.241 e. The number of hydrazine groups is 1. The second kappa shape index (κ2) is 4.41. The van der Waals surface area contributed by atoms with Gasteiger partial charge in [-0.1, -0.05) is 13.3 Å². The normalized spacial score (nSPS) is 22.1. The maximum atomic E-state index is 5.36. The molecule has 0 aliphatic heterocycles. The average molecular weight is 247 g/mol. The molecule has 0 bridgehead atoms. The lowest BCUT2D eigenvalue weighted by molar-refractivity contribution is 0.692. The van der Waals surface area contributed by atoms with Crippen molar-refractivity contribution in [2.75, 3.05) is 10.7 Å². The summed E-state index contributed by atoms with van der Waals surface area (Å²) in [7, 11) is 0. The number of aromatic amines is 1. The van der Waals surface area contributed by atoms with Gasteiger partial charge in [0.05, 0.1) is 11.6 Å². The number of nitrogens with two attached hydrogens (primary N) is 1. The van der Waals surface area contributed by atoms with E-state index in [0.29, 0.717) is 17.6 Å². The van der Waals surface area contributed by atoms with E-state index in [1.807, 2.05) is 0 Å². The second-order valence-electron chi connectivity index (χ2n) is 4.71. The number of hydrogen-bond acceptors (Lipinski definition) is 6. The third-order valence-corrected chi connectivity index (χ3v) is 3.34. The summed E-state index contributed by atoms with van der Waals surface area (Å²) < 4.78 is 0. The largest absolute Gasteiger partial charge is 0.366 e. The first kappa shape index (κ1) is 11.2. The number of H-pyrrole nitrogens is 1. The lowest BCUT2D eigenvalue weighted by Gasteiger charge is -2.07. The minimum atomic E-state index is 0.391. The third-order valence-electron chi connectivity index (χ3n) is 3.34. The van der Waals surface area contributed by atoms with E-state index in [1.165, 1.54) is 19.3 Å². The summed E-state index contributed by atoms with van der Waals surface area (Å²) in [5.74, 6) is 7.32. The molecule has 1 aliphatic carbocycles. The highest BCUT2D eigenvalue weighted by molar-refractivity contribution is 5.87. The number of nitrogens with one attached hydrogen (secondary N) is 3. The molecule has 0 amide bonds. The third kappa shape index (κ3) is 1.97. The fourth-order valence-electron chi connectivity index (χ4n) is 2.30. The first-order valence-electron chi connectivity index (χ1n) is 6.26. The molecule has 2 atom stereocenters. The van der Waals surface area contributed by atoms with Gasteiger partial charge in [0.2, 0.25) is 5.95 Å². The average Bonchev–Trinajstić information content (AvgIpc) is 2.92. The molecule has 7 heteroatoms. The van der Waals surface area contributed by atoms with Gasteiger partial charge in [-0.25, -0.2) is 5.84 Å². The molecule has 3 rings (SSSR count). The molecule has 0 aromatic carbocycles. The van der Waals surface area contributed by atoms with Gasteiger partial charge >= 0.3 is 0 Å². The molecule has 7 nitrogen and oxygen atoms in total. The van der Waals surface area contributed by atoms with Crippen LogP contribution in [-0.2, 0) is 0 Å². The molecule has 1 aliphatic rings. The van der Waals surface area contributed by atoms with Gasteiger partial charge < -0.3 is 5.32 Å². The Bertz CT molecular complexity index is 549. The Morgan fingerprint density at radius 1 is 1.50 bits per heavy atom. The van der Waals surface area contributed by atoms with Crippen LogP contribution in [0.15, 0.2) is 6.20 Å². The molecule has 5 N–H and O–H groups in total. The molecule has 1 fully saturated rings. The summed E-state index contributed by atoms with van der Waals surface area (Å²) in [4.78, 5) is 8.54. The minimum absolute atomic E-state index is 0.391. The van der Waals surface area contributed by atoms with Crippen LogP contribution in [-0.4, -0.2) is 26.2 Å². The lowest BCUT2D eigenvalue weighted by atomic mass is 10.2. The van der Waals surface area contributed by atoms with Crippen molar-refractivity contribution >= 4 is 22.8 Å². The van der Waals surface area contributed by atoms with Crippen molar-refractivity contribution in [1.29, 1.82) is 0 Å². The maximum absolute atomic E-state index is 5.36. The number of nitrogen functional groups attached to an aromatic ring is 1. The molecule has 1 saturated carbocycles. The predicted octanol–water partition coefficient (Wildman–Crippen LogP) is 1.24. The number of anilines is 2. The fourth-order valence-corrected chi connectivity index (χ4v) is 2.30. The van der Waals surface area contributed by atoms with Crippen LogP contribution in [0.4, 0.5) is 11.8 Å². The van der Waals surface area contributed by atoms with E-state index in [1.54, 1.807) is 6.20 Å². The number of aromatic nitrogens is 4. The van der Waals surface area contributed by atoms with Gasteiger partial charge in [0.1, 0.15) is 5.82 Å². The van der Waals surface area contributed by atoms with E-state index < -0.39 is 0 Å². The summed E-state index contributed by atoms with van der Waals surface area (Å²) in [6.07, 6.45) is 5.43. The minimum Gasteiger partial charge on any atom is -0.366 e. The molecule has 0 saturated heterocycles. The Hall–Kier alpha value is -1.89. The number of rotatable bonds is 5. The first-order valence-corrected chi connectivity index (χ1v) is 6.26. The quantitative estimate of drug-likeness (QED) is 0.468. The molecule has 2 aromatic rings. The van der Waals surface area contributed by atoms with Crippen LogP contribution in [0.25, 0.3) is 11.0 Å². The summed E-state index contributed by atoms with van der Waals surface area (Å²) in [6, 6.07) is 0.517. The molecule has 2 unspecified atom stereocenters. The molecule has 18 heavy (non-hydrogen) atoms. The Balaban J connectivity index is 1.84. The van der Waals surface area contributed by atoms with E-state index in [0.717, 1.165) is 17.1 Å². The van der Waals surface area contributed by atoms with Crippen molar-refractivity contribution in [3.05, 3.63) is 6.20 Å². The van der Waals surface area contributed by atoms with Gasteiger partial charge in [-0.2, -0.15) is 15.1 Å². The van der Waals surface area contributed by atoms with Crippen molar-refractivity contribution in [2.45, 2.75) is 32.2 Å². The van der Waals surface area contributed by atoms with Crippen LogP contribution in [0.1, 0.15) is 26.2 Å². The molecular formula is C11H17N7. The Morgan fingerprint density at radius 3 is 3.17 bits per heavy atom. The first-order chi connectivity index (χ1) is 8.81. The number of hydrogen-bond donors (Lipinski definition) is 4. The zero-order valence-corrected chi connectivity index (χ0v) is 10.3. The summed E-state index contributed by atoms with van der Waals surface area (Å²) in [6.45, 7) is 2.21. The van der Waals surface area contributed by atoms with Crippen molar-refractivity contribution < 1.29 is 0 Å². The van der Waals surface area contributed by atoms with Crippen LogP contribution in [0.5, 0.6) is 0 Å². The highest BCUT2D eigenvalue weighted by Gasteiger charge is 2.36. The van der Waals surface area contributed by atoms with Crippen LogP contribution < -0.4 is 16.6 Å². The van der Waals surface area contributed by atoms with Gasteiger partial charge in [-0.15, -0.1) is 0 Å². The van der Waals surface area contributed by atoms with Gasteiger partial charge in [-0.05, 0) is 18.8 Å². The summed E-state index contributed by atoms with van der Waals surface area (Å²) in [5.41, 5.74) is 3.16. The highest BCUT2D eigenvalue weighted by Crippen LogP contribution is 2.37. The Kier molecular flexibility index (Phi) is 2.75. The van der Waals surface area contributed by atoms with Crippen molar-refractivity contribution in [3.8, 4) is 0 Å². The van der Waals surface area contributed by atoms with Gasteiger partial charge in [0.15, 0.2) is 5.65 Å². The van der Waals surface area contributed by atoms with Crippen LogP contribution in [0.3, 0.4) is 0 Å². The fraction of sp³-hybridized carbons (Fsp3) is 0.545. The smallest absolute Gasteiger partial charge is 0.241 e. The lowest BCUT2D eigenvalue weighted by Crippen LogP contribution is -2.13. The van der Waals surface area contributed by atoms with Gasteiger partial charge in [-0.3, -0.25) is 10.5 Å². The number of nitrogens with zero attached hydrogens (tertiary/aromatic N) is 3. The molecule has 2 aromatic heterocycles. The van der Waals surface area contributed by atoms with Crippen molar-refractivity contribution in [2.24, 2.45) is 11.8 Å². The Labute approximate surface area is 105 Å². The van der Waals surface area contributed by atoms with Crippen LogP contribution >= 0.6 is 0 Å². The molecule has 2 heterocycles. The zero-order valence-electron chi connectivity index (χ0n) is 10.3. The molecule has 0 spiro atoms.